The van der Waals surface area contributed by atoms with Crippen LogP contribution in [0.5, 0.6) is 0 Å². The van der Waals surface area contributed by atoms with Gasteiger partial charge in [0.15, 0.2) is 0 Å². The van der Waals surface area contributed by atoms with Crippen molar-refractivity contribution >= 4 is 0 Å². The van der Waals surface area contributed by atoms with E-state index in [-0.39, 0.29) is 0 Å². The maximum atomic E-state index is 3.54. The Kier molecular flexibility index (Phi) is 2.97. The van der Waals surface area contributed by atoms with Crippen LogP contribution in [0.15, 0.2) is 0 Å². The van der Waals surface area contributed by atoms with Gasteiger partial charge in [-0.25, -0.2) is 0 Å². The molecule has 5 unspecified atom stereocenters. The quantitative estimate of drug-likeness (QED) is 0.729. The van der Waals surface area contributed by atoms with E-state index in [9.17, 15) is 0 Å². The van der Waals surface area contributed by atoms with Crippen LogP contribution in [0.3, 0.4) is 0 Å². The van der Waals surface area contributed by atoms with Gasteiger partial charge in [-0.3, -0.25) is 4.90 Å². The molecule has 92 valence electrons. The Hall–Kier alpha value is -0.0800. The van der Waals surface area contributed by atoms with Crippen molar-refractivity contribution in [3.63, 3.8) is 0 Å². The van der Waals surface area contributed by atoms with Gasteiger partial charge in [0.2, 0.25) is 0 Å². The van der Waals surface area contributed by atoms with Crippen LogP contribution in [0.25, 0.3) is 0 Å². The molecule has 0 amide bonds. The molecule has 3 rings (SSSR count). The molecule has 0 radical (unpaired) electrons. The second kappa shape index (κ2) is 4.30. The van der Waals surface area contributed by atoms with Crippen molar-refractivity contribution in [2.24, 2.45) is 23.7 Å². The fourth-order valence-corrected chi connectivity index (χ4v) is 4.35. The molecular formula is C14H26N2. The lowest BCUT2D eigenvalue weighted by Gasteiger charge is -2.39. The van der Waals surface area contributed by atoms with Crippen molar-refractivity contribution in [2.75, 3.05) is 26.2 Å². The van der Waals surface area contributed by atoms with Gasteiger partial charge in [0.05, 0.1) is 0 Å². The van der Waals surface area contributed by atoms with Crippen LogP contribution in [-0.2, 0) is 0 Å². The van der Waals surface area contributed by atoms with Crippen LogP contribution in [0, 0.1) is 23.7 Å². The minimum Gasteiger partial charge on any atom is -0.316 e. The van der Waals surface area contributed by atoms with E-state index in [2.05, 4.69) is 24.1 Å². The minimum absolute atomic E-state index is 0.904. The highest BCUT2D eigenvalue weighted by Crippen LogP contribution is 2.36. The van der Waals surface area contributed by atoms with Crippen molar-refractivity contribution in [3.8, 4) is 0 Å². The third kappa shape index (κ3) is 1.91. The molecular weight excluding hydrogens is 196 g/mol. The molecule has 16 heavy (non-hydrogen) atoms. The molecule has 1 N–H and O–H groups in total. The number of likely N-dealkylation sites (tertiary alicyclic amines) is 1. The summed E-state index contributed by atoms with van der Waals surface area (Å²) in [4.78, 5) is 2.83. The van der Waals surface area contributed by atoms with Crippen LogP contribution in [-0.4, -0.2) is 37.1 Å². The zero-order valence-corrected chi connectivity index (χ0v) is 10.8. The number of nitrogens with one attached hydrogen (secondary N) is 1. The highest BCUT2D eigenvalue weighted by atomic mass is 15.2. The third-order valence-electron chi connectivity index (χ3n) is 5.27. The summed E-state index contributed by atoms with van der Waals surface area (Å²) < 4.78 is 0. The predicted octanol–water partition coefficient (Wildman–Crippen LogP) is 1.96. The SMILES string of the molecule is CC1CCC(N2CC3CNCC3C2)C(C)C1. The Morgan fingerprint density at radius 1 is 1.00 bits per heavy atom. The number of nitrogens with zero attached hydrogens (tertiary/aromatic N) is 1. The van der Waals surface area contributed by atoms with E-state index in [1.165, 1.54) is 45.4 Å². The van der Waals surface area contributed by atoms with Gasteiger partial charge in [0, 0.05) is 19.1 Å². The predicted molar refractivity (Wildman–Crippen MR) is 67.4 cm³/mol. The third-order valence-corrected chi connectivity index (χ3v) is 5.27. The van der Waals surface area contributed by atoms with E-state index in [1.807, 2.05) is 0 Å². The van der Waals surface area contributed by atoms with Crippen molar-refractivity contribution in [3.05, 3.63) is 0 Å². The average molecular weight is 222 g/mol. The molecule has 2 saturated heterocycles. The number of fused-ring (bicyclic) bond motifs is 1. The molecule has 2 heteroatoms. The van der Waals surface area contributed by atoms with Gasteiger partial charge in [-0.15, -0.1) is 0 Å². The van der Waals surface area contributed by atoms with Gasteiger partial charge in [-0.1, -0.05) is 13.8 Å². The molecule has 0 bridgehead atoms. The standard InChI is InChI=1S/C14H26N2/c1-10-3-4-14(11(2)5-10)16-8-12-6-15-7-13(12)9-16/h10-15H,3-9H2,1-2H3. The second-order valence-electron chi connectivity index (χ2n) is 6.60. The van der Waals surface area contributed by atoms with Crippen molar-refractivity contribution in [1.82, 2.24) is 10.2 Å². The monoisotopic (exact) mass is 222 g/mol. The van der Waals surface area contributed by atoms with Gasteiger partial charge in [0.1, 0.15) is 0 Å². The minimum atomic E-state index is 0.904. The Balaban J connectivity index is 1.61. The smallest absolute Gasteiger partial charge is 0.0121 e. The molecule has 5 atom stereocenters. The Labute approximate surface area is 99.8 Å². The Bertz CT molecular complexity index is 241. The van der Waals surface area contributed by atoms with Gasteiger partial charge >= 0.3 is 0 Å². The van der Waals surface area contributed by atoms with Crippen molar-refractivity contribution in [1.29, 1.82) is 0 Å². The number of hydrogen-bond acceptors (Lipinski definition) is 2. The molecule has 3 fully saturated rings. The normalized spacial score (nSPS) is 49.5. The molecule has 0 aromatic heterocycles. The first kappa shape index (κ1) is 11.0. The number of rotatable bonds is 1. The van der Waals surface area contributed by atoms with Gasteiger partial charge < -0.3 is 5.32 Å². The largest absolute Gasteiger partial charge is 0.316 e. The van der Waals surface area contributed by atoms with Crippen LogP contribution >= 0.6 is 0 Å². The summed E-state index contributed by atoms with van der Waals surface area (Å²) in [6.45, 7) is 10.2. The maximum absolute atomic E-state index is 3.54. The van der Waals surface area contributed by atoms with Crippen LogP contribution in [0.4, 0.5) is 0 Å². The lowest BCUT2D eigenvalue weighted by molar-refractivity contribution is 0.108. The van der Waals surface area contributed by atoms with E-state index in [0.717, 1.165) is 29.7 Å². The van der Waals surface area contributed by atoms with E-state index >= 15 is 0 Å². The molecule has 2 nitrogen and oxygen atoms in total. The summed E-state index contributed by atoms with van der Waals surface area (Å²) in [5.41, 5.74) is 0. The lowest BCUT2D eigenvalue weighted by Crippen LogP contribution is -2.42. The molecule has 0 aromatic carbocycles. The first-order valence-electron chi connectivity index (χ1n) is 7.19. The summed E-state index contributed by atoms with van der Waals surface area (Å²) in [5, 5.41) is 3.54. The van der Waals surface area contributed by atoms with Gasteiger partial charge in [0.25, 0.3) is 0 Å². The molecule has 1 saturated carbocycles. The maximum Gasteiger partial charge on any atom is 0.0121 e. The summed E-state index contributed by atoms with van der Waals surface area (Å²) >= 11 is 0. The molecule has 2 heterocycles. The van der Waals surface area contributed by atoms with Crippen LogP contribution in [0.1, 0.15) is 33.1 Å². The molecule has 0 aromatic rings. The summed E-state index contributed by atoms with van der Waals surface area (Å²) in [7, 11) is 0. The zero-order valence-electron chi connectivity index (χ0n) is 10.8. The van der Waals surface area contributed by atoms with Gasteiger partial charge in [-0.05, 0) is 56.0 Å². The topological polar surface area (TPSA) is 15.3 Å². The summed E-state index contributed by atoms with van der Waals surface area (Å²) in [5.74, 6) is 3.82. The van der Waals surface area contributed by atoms with Crippen molar-refractivity contribution < 1.29 is 0 Å². The Morgan fingerprint density at radius 2 is 1.69 bits per heavy atom. The number of hydrogen-bond donors (Lipinski definition) is 1. The molecule has 1 aliphatic carbocycles. The lowest BCUT2D eigenvalue weighted by atomic mass is 9.79. The fraction of sp³-hybridized carbons (Fsp3) is 1.00. The highest BCUT2D eigenvalue weighted by molar-refractivity contribution is 4.95. The highest BCUT2D eigenvalue weighted by Gasteiger charge is 2.40. The summed E-state index contributed by atoms with van der Waals surface area (Å²) in [6.07, 6.45) is 4.36. The van der Waals surface area contributed by atoms with E-state index in [4.69, 9.17) is 0 Å². The van der Waals surface area contributed by atoms with E-state index < -0.39 is 0 Å². The first-order chi connectivity index (χ1) is 7.74. The van der Waals surface area contributed by atoms with E-state index in [1.54, 1.807) is 0 Å². The second-order valence-corrected chi connectivity index (χ2v) is 6.60. The zero-order chi connectivity index (χ0) is 11.1. The van der Waals surface area contributed by atoms with Crippen molar-refractivity contribution in [2.45, 2.75) is 39.2 Å². The van der Waals surface area contributed by atoms with E-state index in [0.29, 0.717) is 0 Å². The van der Waals surface area contributed by atoms with Crippen LogP contribution < -0.4 is 5.32 Å². The van der Waals surface area contributed by atoms with Crippen LogP contribution in [0.2, 0.25) is 0 Å². The summed E-state index contributed by atoms with van der Waals surface area (Å²) in [6, 6.07) is 0.904. The average Bonchev–Trinajstić information content (AvgIpc) is 2.76. The first-order valence-corrected chi connectivity index (χ1v) is 7.19. The molecule has 0 spiro atoms. The fourth-order valence-electron chi connectivity index (χ4n) is 4.35. The molecule has 2 aliphatic heterocycles. The molecule has 3 aliphatic rings. The van der Waals surface area contributed by atoms with Gasteiger partial charge in [-0.2, -0.15) is 0 Å². The Morgan fingerprint density at radius 3 is 2.31 bits per heavy atom.